The summed E-state index contributed by atoms with van der Waals surface area (Å²) in [4.78, 5) is 10.5. The number of nitro benzene ring substituents is 1. The van der Waals surface area contributed by atoms with Gasteiger partial charge in [0, 0.05) is 18.5 Å². The van der Waals surface area contributed by atoms with Crippen LogP contribution >= 0.6 is 0 Å². The first-order chi connectivity index (χ1) is 8.16. The first-order valence-electron chi connectivity index (χ1n) is 5.75. The minimum Gasteiger partial charge on any atom is -0.486 e. The highest BCUT2D eigenvalue weighted by atomic mass is 16.6. The van der Waals surface area contributed by atoms with E-state index in [4.69, 9.17) is 4.74 Å². The highest BCUT2D eigenvalue weighted by Crippen LogP contribution is 2.28. The molecule has 1 fully saturated rings. The zero-order valence-corrected chi connectivity index (χ0v) is 9.81. The Kier molecular flexibility index (Phi) is 3.58. The van der Waals surface area contributed by atoms with Crippen LogP contribution in [0.1, 0.15) is 12.0 Å². The van der Waals surface area contributed by atoms with Gasteiger partial charge in [-0.1, -0.05) is 6.07 Å². The molecular formula is C12H16N2O3. The Bertz CT molecular complexity index is 414. The molecule has 0 aromatic heterocycles. The highest BCUT2D eigenvalue weighted by molar-refractivity contribution is 5.48. The lowest BCUT2D eigenvalue weighted by Crippen LogP contribution is -2.15. The molecule has 1 saturated heterocycles. The summed E-state index contributed by atoms with van der Waals surface area (Å²) >= 11 is 0. The van der Waals surface area contributed by atoms with Gasteiger partial charge in [0.05, 0.1) is 11.5 Å². The van der Waals surface area contributed by atoms with Crippen LogP contribution in [0, 0.1) is 23.0 Å². The summed E-state index contributed by atoms with van der Waals surface area (Å²) in [6.45, 7) is 4.30. The van der Waals surface area contributed by atoms with E-state index in [0.29, 0.717) is 18.3 Å². The lowest BCUT2D eigenvalue weighted by atomic mass is 10.1. The number of nitrogens with one attached hydrogen (secondary N) is 1. The Morgan fingerprint density at radius 1 is 1.59 bits per heavy atom. The van der Waals surface area contributed by atoms with Crippen molar-refractivity contribution in [1.29, 1.82) is 0 Å². The number of rotatable bonds is 4. The molecule has 0 radical (unpaired) electrons. The minimum absolute atomic E-state index is 0.0518. The molecule has 1 atom stereocenters. The molecule has 1 aromatic carbocycles. The second kappa shape index (κ2) is 5.14. The molecule has 2 rings (SSSR count). The van der Waals surface area contributed by atoms with Crippen LogP contribution in [0.4, 0.5) is 5.69 Å². The van der Waals surface area contributed by atoms with Gasteiger partial charge in [0.15, 0.2) is 5.75 Å². The summed E-state index contributed by atoms with van der Waals surface area (Å²) in [5.41, 5.74) is 0.919. The molecule has 92 valence electrons. The lowest BCUT2D eigenvalue weighted by molar-refractivity contribution is -0.385. The van der Waals surface area contributed by atoms with Crippen molar-refractivity contribution < 1.29 is 9.66 Å². The Morgan fingerprint density at radius 2 is 2.41 bits per heavy atom. The molecule has 1 aliphatic rings. The number of ether oxygens (including phenoxy) is 1. The topological polar surface area (TPSA) is 64.4 Å². The van der Waals surface area contributed by atoms with E-state index in [0.717, 1.165) is 25.1 Å². The molecule has 0 aliphatic carbocycles. The van der Waals surface area contributed by atoms with Gasteiger partial charge in [-0.3, -0.25) is 10.1 Å². The Balaban J connectivity index is 2.06. The Labute approximate surface area is 99.9 Å². The third-order valence-corrected chi connectivity index (χ3v) is 2.95. The first kappa shape index (κ1) is 11.9. The summed E-state index contributed by atoms with van der Waals surface area (Å²) in [5, 5.41) is 14.1. The van der Waals surface area contributed by atoms with Crippen LogP contribution in [0.5, 0.6) is 5.75 Å². The van der Waals surface area contributed by atoms with Crippen molar-refractivity contribution >= 4 is 5.69 Å². The molecule has 1 aromatic rings. The predicted octanol–water partition coefficient (Wildman–Crippen LogP) is 1.89. The maximum atomic E-state index is 10.9. The largest absolute Gasteiger partial charge is 0.486 e. The van der Waals surface area contributed by atoms with Crippen molar-refractivity contribution in [3.8, 4) is 5.75 Å². The van der Waals surface area contributed by atoms with Crippen LogP contribution < -0.4 is 10.1 Å². The first-order valence-corrected chi connectivity index (χ1v) is 5.75. The SMILES string of the molecule is Cc1ccc(OC[C@H]2CCNC2)c([N+](=O)[O-])c1. The van der Waals surface area contributed by atoms with E-state index in [9.17, 15) is 10.1 Å². The van der Waals surface area contributed by atoms with E-state index >= 15 is 0 Å². The lowest BCUT2D eigenvalue weighted by Gasteiger charge is -2.11. The summed E-state index contributed by atoms with van der Waals surface area (Å²) < 4.78 is 5.56. The number of aryl methyl sites for hydroxylation is 1. The van der Waals surface area contributed by atoms with Crippen molar-refractivity contribution in [2.24, 2.45) is 5.92 Å². The number of nitro groups is 1. The molecule has 1 N–H and O–H groups in total. The summed E-state index contributed by atoms with van der Waals surface area (Å²) in [7, 11) is 0. The van der Waals surface area contributed by atoms with Gasteiger partial charge in [0.2, 0.25) is 0 Å². The summed E-state index contributed by atoms with van der Waals surface area (Å²) in [6, 6.07) is 5.05. The van der Waals surface area contributed by atoms with Crippen molar-refractivity contribution in [2.75, 3.05) is 19.7 Å². The van der Waals surface area contributed by atoms with Crippen molar-refractivity contribution in [3.05, 3.63) is 33.9 Å². The maximum Gasteiger partial charge on any atom is 0.311 e. The Hall–Kier alpha value is -1.62. The molecule has 0 spiro atoms. The Morgan fingerprint density at radius 3 is 3.06 bits per heavy atom. The summed E-state index contributed by atoms with van der Waals surface area (Å²) in [5.74, 6) is 0.823. The third kappa shape index (κ3) is 2.94. The van der Waals surface area contributed by atoms with E-state index in [1.54, 1.807) is 12.1 Å². The number of nitrogens with zero attached hydrogens (tertiary/aromatic N) is 1. The second-order valence-electron chi connectivity index (χ2n) is 4.40. The number of hydrogen-bond donors (Lipinski definition) is 1. The molecule has 17 heavy (non-hydrogen) atoms. The molecule has 0 amide bonds. The molecule has 1 aliphatic heterocycles. The average molecular weight is 236 g/mol. The van der Waals surface area contributed by atoms with Crippen LogP contribution in [-0.2, 0) is 0 Å². The fourth-order valence-corrected chi connectivity index (χ4v) is 1.96. The van der Waals surface area contributed by atoms with Crippen molar-refractivity contribution in [3.63, 3.8) is 0 Å². The molecule has 0 bridgehead atoms. The molecule has 0 saturated carbocycles. The zero-order chi connectivity index (χ0) is 12.3. The van der Waals surface area contributed by atoms with Crippen LogP contribution in [0.15, 0.2) is 18.2 Å². The minimum atomic E-state index is -0.394. The van der Waals surface area contributed by atoms with Gasteiger partial charge in [-0.25, -0.2) is 0 Å². The van der Waals surface area contributed by atoms with Gasteiger partial charge in [0.1, 0.15) is 0 Å². The van der Waals surface area contributed by atoms with E-state index in [2.05, 4.69) is 5.32 Å². The third-order valence-electron chi connectivity index (χ3n) is 2.95. The van der Waals surface area contributed by atoms with Gasteiger partial charge < -0.3 is 10.1 Å². The van der Waals surface area contributed by atoms with Crippen molar-refractivity contribution in [1.82, 2.24) is 5.32 Å². The molecule has 0 unspecified atom stereocenters. The van der Waals surface area contributed by atoms with Crippen LogP contribution in [-0.4, -0.2) is 24.6 Å². The monoisotopic (exact) mass is 236 g/mol. The van der Waals surface area contributed by atoms with E-state index in [1.807, 2.05) is 13.0 Å². The van der Waals surface area contributed by atoms with E-state index in [1.165, 1.54) is 0 Å². The van der Waals surface area contributed by atoms with Crippen molar-refractivity contribution in [2.45, 2.75) is 13.3 Å². The average Bonchev–Trinajstić information content (AvgIpc) is 2.80. The van der Waals surface area contributed by atoms with Crippen LogP contribution in [0.25, 0.3) is 0 Å². The van der Waals surface area contributed by atoms with E-state index < -0.39 is 4.92 Å². The highest BCUT2D eigenvalue weighted by Gasteiger charge is 2.19. The summed E-state index contributed by atoms with van der Waals surface area (Å²) in [6.07, 6.45) is 1.07. The molecule has 5 heteroatoms. The normalized spacial score (nSPS) is 19.2. The van der Waals surface area contributed by atoms with Crippen LogP contribution in [0.3, 0.4) is 0 Å². The van der Waals surface area contributed by atoms with Gasteiger partial charge in [0.25, 0.3) is 0 Å². The maximum absolute atomic E-state index is 10.9. The zero-order valence-electron chi connectivity index (χ0n) is 9.81. The van der Waals surface area contributed by atoms with Gasteiger partial charge in [-0.2, -0.15) is 0 Å². The fourth-order valence-electron chi connectivity index (χ4n) is 1.96. The smallest absolute Gasteiger partial charge is 0.311 e. The number of benzene rings is 1. The van der Waals surface area contributed by atoms with Gasteiger partial charge >= 0.3 is 5.69 Å². The number of hydrogen-bond acceptors (Lipinski definition) is 4. The standard InChI is InChI=1S/C12H16N2O3/c1-9-2-3-12(11(6-9)14(15)16)17-8-10-4-5-13-7-10/h2-3,6,10,13H,4-5,7-8H2,1H3/t10-/m0/s1. The molecule has 5 nitrogen and oxygen atoms in total. The predicted molar refractivity (Wildman–Crippen MR) is 64.3 cm³/mol. The second-order valence-corrected chi connectivity index (χ2v) is 4.40. The molecular weight excluding hydrogens is 220 g/mol. The van der Waals surface area contributed by atoms with E-state index in [-0.39, 0.29) is 5.69 Å². The van der Waals surface area contributed by atoms with Gasteiger partial charge in [-0.05, 0) is 31.5 Å². The van der Waals surface area contributed by atoms with Crippen LogP contribution in [0.2, 0.25) is 0 Å². The van der Waals surface area contributed by atoms with Gasteiger partial charge in [-0.15, -0.1) is 0 Å². The quantitative estimate of drug-likeness (QED) is 0.640. The fraction of sp³-hybridized carbons (Fsp3) is 0.500. The molecule has 1 heterocycles.